The maximum absolute atomic E-state index is 11.0. The van der Waals surface area contributed by atoms with Gasteiger partial charge in [0, 0.05) is 5.92 Å². The lowest BCUT2D eigenvalue weighted by atomic mass is 10.1. The first-order valence-corrected chi connectivity index (χ1v) is 4.02. The van der Waals surface area contributed by atoms with Crippen molar-refractivity contribution in [3.63, 3.8) is 0 Å². The van der Waals surface area contributed by atoms with E-state index in [4.69, 9.17) is 5.11 Å². The Morgan fingerprint density at radius 1 is 1.42 bits per heavy atom. The zero-order chi connectivity index (χ0) is 9.72. The van der Waals surface area contributed by atoms with E-state index in [1.807, 2.05) is 0 Å². The van der Waals surface area contributed by atoms with Crippen LogP contribution in [-0.2, 0) is 9.59 Å². The molecule has 0 aromatic rings. The van der Waals surface area contributed by atoms with Crippen molar-refractivity contribution < 1.29 is 14.7 Å². The van der Waals surface area contributed by atoms with Crippen LogP contribution in [0, 0.1) is 5.92 Å². The predicted octanol–water partition coefficient (Wildman–Crippen LogP) is 0.622. The maximum Gasteiger partial charge on any atom is 0.326 e. The summed E-state index contributed by atoms with van der Waals surface area (Å²) >= 11 is 0. The van der Waals surface area contributed by atoms with E-state index in [2.05, 4.69) is 5.32 Å². The number of hydrogen-bond donors (Lipinski definition) is 2. The van der Waals surface area contributed by atoms with E-state index in [0.717, 1.165) is 0 Å². The third-order valence-electron chi connectivity index (χ3n) is 1.55. The van der Waals surface area contributed by atoms with Crippen molar-refractivity contribution in [2.45, 2.75) is 33.2 Å². The first-order valence-electron chi connectivity index (χ1n) is 4.02. The minimum Gasteiger partial charge on any atom is -0.480 e. The summed E-state index contributed by atoms with van der Waals surface area (Å²) in [6, 6.07) is -0.750. The second kappa shape index (κ2) is 4.74. The van der Waals surface area contributed by atoms with Crippen LogP contribution in [0.25, 0.3) is 0 Å². The van der Waals surface area contributed by atoms with E-state index >= 15 is 0 Å². The van der Waals surface area contributed by atoms with E-state index < -0.39 is 12.0 Å². The molecule has 0 fully saturated rings. The number of aliphatic carboxylic acids is 1. The lowest BCUT2D eigenvalue weighted by molar-refractivity contribution is -0.142. The molecule has 70 valence electrons. The molecular weight excluding hydrogens is 158 g/mol. The number of nitrogens with one attached hydrogen (secondary N) is 1. The standard InChI is InChI=1S/C8H15NO3/c1-4-6(8(11)12)9-7(10)5(2)3/h5-6H,4H2,1-3H3,(H,9,10)(H,11,12)/t6-/m1/s1. The number of carbonyl (C=O) groups is 2. The van der Waals surface area contributed by atoms with Gasteiger partial charge in [0.05, 0.1) is 0 Å². The van der Waals surface area contributed by atoms with Crippen LogP contribution in [0.2, 0.25) is 0 Å². The van der Waals surface area contributed by atoms with Crippen LogP contribution in [-0.4, -0.2) is 23.0 Å². The Labute approximate surface area is 72.0 Å². The fraction of sp³-hybridized carbons (Fsp3) is 0.750. The molecular formula is C8H15NO3. The highest BCUT2D eigenvalue weighted by atomic mass is 16.4. The van der Waals surface area contributed by atoms with Gasteiger partial charge in [-0.15, -0.1) is 0 Å². The van der Waals surface area contributed by atoms with Crippen LogP contribution in [0.5, 0.6) is 0 Å². The molecule has 0 aliphatic rings. The fourth-order valence-electron chi connectivity index (χ4n) is 0.677. The van der Waals surface area contributed by atoms with E-state index in [-0.39, 0.29) is 11.8 Å². The highest BCUT2D eigenvalue weighted by Gasteiger charge is 2.18. The van der Waals surface area contributed by atoms with Crippen molar-refractivity contribution in [3.8, 4) is 0 Å². The molecule has 0 aliphatic heterocycles. The van der Waals surface area contributed by atoms with Crippen molar-refractivity contribution in [1.29, 1.82) is 0 Å². The SMILES string of the molecule is CC[C@@H](NC(=O)C(C)C)C(=O)O. The normalized spacial score (nSPS) is 12.7. The molecule has 12 heavy (non-hydrogen) atoms. The minimum atomic E-state index is -0.980. The first kappa shape index (κ1) is 10.9. The van der Waals surface area contributed by atoms with Gasteiger partial charge in [0.15, 0.2) is 0 Å². The Morgan fingerprint density at radius 2 is 1.92 bits per heavy atom. The van der Waals surface area contributed by atoms with Crippen LogP contribution in [0.1, 0.15) is 27.2 Å². The molecule has 0 spiro atoms. The lowest BCUT2D eigenvalue weighted by Gasteiger charge is -2.13. The van der Waals surface area contributed by atoms with Gasteiger partial charge in [0.1, 0.15) is 6.04 Å². The summed E-state index contributed by atoms with van der Waals surface area (Å²) in [6.07, 6.45) is 0.411. The van der Waals surface area contributed by atoms with Gasteiger partial charge in [-0.25, -0.2) is 4.79 Å². The van der Waals surface area contributed by atoms with Gasteiger partial charge >= 0.3 is 5.97 Å². The summed E-state index contributed by atoms with van der Waals surface area (Å²) in [5, 5.41) is 11.0. The third kappa shape index (κ3) is 3.37. The predicted molar refractivity (Wildman–Crippen MR) is 44.7 cm³/mol. The third-order valence-corrected chi connectivity index (χ3v) is 1.55. The molecule has 0 saturated heterocycles. The van der Waals surface area contributed by atoms with Gasteiger partial charge < -0.3 is 10.4 Å². The topological polar surface area (TPSA) is 66.4 Å². The smallest absolute Gasteiger partial charge is 0.326 e. The van der Waals surface area contributed by atoms with Crippen LogP contribution in [0.4, 0.5) is 0 Å². The van der Waals surface area contributed by atoms with Gasteiger partial charge in [-0.05, 0) is 6.42 Å². The Kier molecular flexibility index (Phi) is 4.33. The van der Waals surface area contributed by atoms with Gasteiger partial charge in [0.25, 0.3) is 0 Å². The van der Waals surface area contributed by atoms with Crippen LogP contribution < -0.4 is 5.32 Å². The van der Waals surface area contributed by atoms with E-state index in [1.54, 1.807) is 20.8 Å². The molecule has 2 N–H and O–H groups in total. The fourth-order valence-corrected chi connectivity index (χ4v) is 0.677. The average Bonchev–Trinajstić information content (AvgIpc) is 1.98. The molecule has 0 rings (SSSR count). The summed E-state index contributed by atoms with van der Waals surface area (Å²) < 4.78 is 0. The lowest BCUT2D eigenvalue weighted by Crippen LogP contribution is -2.42. The summed E-state index contributed by atoms with van der Waals surface area (Å²) in [4.78, 5) is 21.5. The Hall–Kier alpha value is -1.06. The van der Waals surface area contributed by atoms with Crippen LogP contribution in [0.15, 0.2) is 0 Å². The zero-order valence-corrected chi connectivity index (χ0v) is 7.63. The largest absolute Gasteiger partial charge is 0.480 e. The van der Waals surface area contributed by atoms with Gasteiger partial charge in [-0.1, -0.05) is 20.8 Å². The van der Waals surface area contributed by atoms with Crippen LogP contribution in [0.3, 0.4) is 0 Å². The average molecular weight is 173 g/mol. The molecule has 0 aromatic heterocycles. The Morgan fingerprint density at radius 3 is 2.17 bits per heavy atom. The van der Waals surface area contributed by atoms with Crippen molar-refractivity contribution in [2.24, 2.45) is 5.92 Å². The molecule has 4 heteroatoms. The van der Waals surface area contributed by atoms with Gasteiger partial charge in [-0.2, -0.15) is 0 Å². The van der Waals surface area contributed by atoms with Crippen molar-refractivity contribution >= 4 is 11.9 Å². The molecule has 0 unspecified atom stereocenters. The first-order chi connectivity index (χ1) is 5.49. The number of hydrogen-bond acceptors (Lipinski definition) is 2. The molecule has 0 aromatic carbocycles. The number of rotatable bonds is 4. The molecule has 0 radical (unpaired) electrons. The number of amides is 1. The molecule has 0 aliphatic carbocycles. The summed E-state index contributed by atoms with van der Waals surface area (Å²) in [6.45, 7) is 5.17. The summed E-state index contributed by atoms with van der Waals surface area (Å²) in [5.74, 6) is -1.37. The summed E-state index contributed by atoms with van der Waals surface area (Å²) in [7, 11) is 0. The summed E-state index contributed by atoms with van der Waals surface area (Å²) in [5.41, 5.74) is 0. The molecule has 1 atom stereocenters. The van der Waals surface area contributed by atoms with E-state index in [9.17, 15) is 9.59 Å². The quantitative estimate of drug-likeness (QED) is 0.655. The molecule has 0 heterocycles. The van der Waals surface area contributed by atoms with Crippen molar-refractivity contribution in [1.82, 2.24) is 5.32 Å². The number of carboxylic acids is 1. The molecule has 0 bridgehead atoms. The Bertz CT molecular complexity index is 177. The maximum atomic E-state index is 11.0. The molecule has 4 nitrogen and oxygen atoms in total. The zero-order valence-electron chi connectivity index (χ0n) is 7.63. The molecule has 1 amide bonds. The van der Waals surface area contributed by atoms with Gasteiger partial charge in [0.2, 0.25) is 5.91 Å². The highest BCUT2D eigenvalue weighted by Crippen LogP contribution is 1.96. The van der Waals surface area contributed by atoms with Crippen molar-refractivity contribution in [3.05, 3.63) is 0 Å². The molecule has 0 saturated carbocycles. The van der Waals surface area contributed by atoms with E-state index in [1.165, 1.54) is 0 Å². The second-order valence-electron chi connectivity index (χ2n) is 2.96. The van der Waals surface area contributed by atoms with Crippen molar-refractivity contribution in [2.75, 3.05) is 0 Å². The Balaban J connectivity index is 4.03. The number of carbonyl (C=O) groups excluding carboxylic acids is 1. The van der Waals surface area contributed by atoms with Gasteiger partial charge in [-0.3, -0.25) is 4.79 Å². The van der Waals surface area contributed by atoms with Crippen LogP contribution >= 0.6 is 0 Å². The number of carboxylic acid groups (broad SMARTS) is 1. The highest BCUT2D eigenvalue weighted by molar-refractivity contribution is 5.84. The minimum absolute atomic E-state index is 0.168. The second-order valence-corrected chi connectivity index (χ2v) is 2.96. The monoisotopic (exact) mass is 173 g/mol. The van der Waals surface area contributed by atoms with E-state index in [0.29, 0.717) is 6.42 Å².